The highest BCUT2D eigenvalue weighted by atomic mass is 35.5. The van der Waals surface area contributed by atoms with Crippen LogP contribution in [0.3, 0.4) is 0 Å². The number of nitrogens with zero attached hydrogens (tertiary/aromatic N) is 2. The van der Waals surface area contributed by atoms with Gasteiger partial charge in [0, 0.05) is 17.2 Å². The maximum absolute atomic E-state index is 8.98. The van der Waals surface area contributed by atoms with E-state index in [2.05, 4.69) is 10.1 Å². The molecule has 0 fully saturated rings. The highest BCUT2D eigenvalue weighted by Crippen LogP contribution is 2.33. The second-order valence-corrected chi connectivity index (χ2v) is 5.73. The Morgan fingerprint density at radius 2 is 2.29 bits per heavy atom. The maximum Gasteiger partial charge on any atom is 0.175 e. The van der Waals surface area contributed by atoms with Crippen molar-refractivity contribution in [3.8, 4) is 11.5 Å². The number of nitrogens with two attached hydrogens (primary N) is 1. The lowest BCUT2D eigenvalue weighted by molar-refractivity contribution is 0.318. The number of rotatable bonds is 5. The van der Waals surface area contributed by atoms with Crippen molar-refractivity contribution in [2.24, 2.45) is 10.9 Å². The Morgan fingerprint density at radius 1 is 1.48 bits per heavy atom. The van der Waals surface area contributed by atoms with E-state index in [-0.39, 0.29) is 5.84 Å². The molecule has 1 heterocycles. The number of aromatic nitrogens is 1. The average molecular weight is 324 g/mol. The fraction of sp³-hybridized carbons (Fsp3) is 0.143. The quantitative estimate of drug-likeness (QED) is 0.288. The van der Waals surface area contributed by atoms with Gasteiger partial charge in [-0.05, 0) is 17.9 Å². The van der Waals surface area contributed by atoms with Gasteiger partial charge >= 0.3 is 0 Å². The molecule has 0 saturated heterocycles. The number of benzene rings is 1. The number of hydrogen-bond acceptors (Lipinski definition) is 5. The predicted octanol–water partition coefficient (Wildman–Crippen LogP) is 3.73. The zero-order valence-electron chi connectivity index (χ0n) is 11.3. The maximum atomic E-state index is 8.98. The molecule has 3 N–H and O–H groups in total. The molecule has 2 rings (SSSR count). The van der Waals surface area contributed by atoms with Crippen LogP contribution in [-0.4, -0.2) is 21.8 Å². The predicted molar refractivity (Wildman–Crippen MR) is 84.7 cm³/mol. The van der Waals surface area contributed by atoms with Crippen LogP contribution in [0.4, 0.5) is 0 Å². The first-order valence-corrected chi connectivity index (χ1v) is 7.54. The highest BCUT2D eigenvalue weighted by molar-refractivity contribution is 7.99. The molecule has 5 nitrogen and oxygen atoms in total. The van der Waals surface area contributed by atoms with E-state index in [4.69, 9.17) is 27.3 Å². The molecule has 21 heavy (non-hydrogen) atoms. The van der Waals surface area contributed by atoms with E-state index in [1.165, 1.54) is 6.20 Å². The molecule has 0 aliphatic heterocycles. The van der Waals surface area contributed by atoms with Gasteiger partial charge in [0.1, 0.15) is 11.5 Å². The van der Waals surface area contributed by atoms with Gasteiger partial charge in [0.2, 0.25) is 0 Å². The first-order chi connectivity index (χ1) is 10.2. The molecular weight excluding hydrogens is 310 g/mol. The van der Waals surface area contributed by atoms with E-state index >= 15 is 0 Å². The van der Waals surface area contributed by atoms with Gasteiger partial charge in [-0.3, -0.25) is 4.98 Å². The van der Waals surface area contributed by atoms with Crippen LogP contribution in [0.25, 0.3) is 0 Å². The van der Waals surface area contributed by atoms with Crippen molar-refractivity contribution in [3.63, 3.8) is 0 Å². The van der Waals surface area contributed by atoms with Gasteiger partial charge in [0.15, 0.2) is 5.84 Å². The van der Waals surface area contributed by atoms with Gasteiger partial charge in [0.05, 0.1) is 16.8 Å². The molecule has 0 bridgehead atoms. The topological polar surface area (TPSA) is 80.7 Å². The van der Waals surface area contributed by atoms with Crippen LogP contribution >= 0.6 is 23.4 Å². The number of hydrogen-bond donors (Lipinski definition) is 2. The fourth-order valence-electron chi connectivity index (χ4n) is 1.75. The van der Waals surface area contributed by atoms with Crippen molar-refractivity contribution in [1.82, 2.24) is 4.98 Å². The summed E-state index contributed by atoms with van der Waals surface area (Å²) in [4.78, 5) is 4.84. The SMILES string of the molecule is CCSc1cccc(Oc2cncc(Cl)c2)c1/C(N)=N/O. The second kappa shape index (κ2) is 7.19. The summed E-state index contributed by atoms with van der Waals surface area (Å²) in [5, 5.41) is 12.5. The number of amidine groups is 1. The van der Waals surface area contributed by atoms with Crippen molar-refractivity contribution >= 4 is 29.2 Å². The summed E-state index contributed by atoms with van der Waals surface area (Å²) in [5.41, 5.74) is 6.32. The van der Waals surface area contributed by atoms with Gasteiger partial charge in [-0.1, -0.05) is 29.7 Å². The van der Waals surface area contributed by atoms with Gasteiger partial charge in [0.25, 0.3) is 0 Å². The van der Waals surface area contributed by atoms with Crippen molar-refractivity contribution in [2.45, 2.75) is 11.8 Å². The standard InChI is InChI=1S/C14H14ClN3O2S/c1-2-21-12-5-3-4-11(13(12)14(16)18-19)20-10-6-9(15)7-17-8-10/h3-8,19H,2H2,1H3,(H2,16,18). The molecule has 0 aliphatic rings. The summed E-state index contributed by atoms with van der Waals surface area (Å²) in [7, 11) is 0. The van der Waals surface area contributed by atoms with Crippen molar-refractivity contribution in [2.75, 3.05) is 5.75 Å². The number of ether oxygens (including phenoxy) is 1. The molecule has 1 aromatic heterocycles. The van der Waals surface area contributed by atoms with Gasteiger partial charge < -0.3 is 15.7 Å². The Balaban J connectivity index is 2.45. The van der Waals surface area contributed by atoms with Crippen LogP contribution in [0.15, 0.2) is 46.7 Å². The Labute approximate surface area is 131 Å². The van der Waals surface area contributed by atoms with Crippen LogP contribution in [0, 0.1) is 0 Å². The summed E-state index contributed by atoms with van der Waals surface area (Å²) in [5.74, 6) is 1.81. The number of pyridine rings is 1. The summed E-state index contributed by atoms with van der Waals surface area (Å²) in [6.07, 6.45) is 3.06. The first kappa shape index (κ1) is 15.5. The number of halogens is 1. The first-order valence-electron chi connectivity index (χ1n) is 6.17. The highest BCUT2D eigenvalue weighted by Gasteiger charge is 2.15. The number of oxime groups is 1. The van der Waals surface area contributed by atoms with Crippen LogP contribution in [0.1, 0.15) is 12.5 Å². The lowest BCUT2D eigenvalue weighted by atomic mass is 10.2. The van der Waals surface area contributed by atoms with Gasteiger partial charge in [-0.15, -0.1) is 11.8 Å². The lowest BCUT2D eigenvalue weighted by Crippen LogP contribution is -2.15. The summed E-state index contributed by atoms with van der Waals surface area (Å²) in [6, 6.07) is 7.13. The molecule has 0 saturated carbocycles. The largest absolute Gasteiger partial charge is 0.455 e. The zero-order chi connectivity index (χ0) is 15.2. The van der Waals surface area contributed by atoms with Gasteiger partial charge in [-0.2, -0.15) is 0 Å². The normalized spacial score (nSPS) is 11.4. The summed E-state index contributed by atoms with van der Waals surface area (Å²) in [6.45, 7) is 2.02. The van der Waals surface area contributed by atoms with Crippen molar-refractivity contribution in [3.05, 3.63) is 47.2 Å². The van der Waals surface area contributed by atoms with Crippen molar-refractivity contribution in [1.29, 1.82) is 0 Å². The van der Waals surface area contributed by atoms with E-state index in [0.29, 0.717) is 22.1 Å². The number of thioether (sulfide) groups is 1. The molecule has 0 aliphatic carbocycles. The molecule has 0 unspecified atom stereocenters. The van der Waals surface area contributed by atoms with Crippen LogP contribution in [-0.2, 0) is 0 Å². The summed E-state index contributed by atoms with van der Waals surface area (Å²) >= 11 is 7.47. The van der Waals surface area contributed by atoms with E-state index in [0.717, 1.165) is 10.6 Å². The minimum atomic E-state index is -0.00321. The Bertz CT molecular complexity index is 664. The molecule has 0 radical (unpaired) electrons. The Morgan fingerprint density at radius 3 is 2.95 bits per heavy atom. The van der Waals surface area contributed by atoms with Crippen LogP contribution in [0.2, 0.25) is 5.02 Å². The minimum absolute atomic E-state index is 0.00321. The smallest absolute Gasteiger partial charge is 0.175 e. The van der Waals surface area contributed by atoms with E-state index in [9.17, 15) is 0 Å². The van der Waals surface area contributed by atoms with Gasteiger partial charge in [-0.25, -0.2) is 0 Å². The molecular formula is C14H14ClN3O2S. The van der Waals surface area contributed by atoms with E-state index in [1.807, 2.05) is 19.1 Å². The molecule has 0 spiro atoms. The minimum Gasteiger partial charge on any atom is -0.455 e. The van der Waals surface area contributed by atoms with E-state index in [1.54, 1.807) is 30.1 Å². The second-order valence-electron chi connectivity index (χ2n) is 3.99. The van der Waals surface area contributed by atoms with Crippen molar-refractivity contribution < 1.29 is 9.94 Å². The molecule has 110 valence electrons. The molecule has 2 aromatic rings. The molecule has 0 amide bonds. The fourth-order valence-corrected chi connectivity index (χ4v) is 2.75. The zero-order valence-corrected chi connectivity index (χ0v) is 12.9. The summed E-state index contributed by atoms with van der Waals surface area (Å²) < 4.78 is 5.77. The monoisotopic (exact) mass is 323 g/mol. The Hall–Kier alpha value is -1.92. The van der Waals surface area contributed by atoms with Crippen LogP contribution < -0.4 is 10.5 Å². The third kappa shape index (κ3) is 3.80. The lowest BCUT2D eigenvalue weighted by Gasteiger charge is -2.13. The average Bonchev–Trinajstić information content (AvgIpc) is 2.47. The van der Waals surface area contributed by atoms with Crippen LogP contribution in [0.5, 0.6) is 11.5 Å². The molecule has 1 aromatic carbocycles. The van der Waals surface area contributed by atoms with E-state index < -0.39 is 0 Å². The third-order valence-corrected chi connectivity index (χ3v) is 3.71. The molecule has 7 heteroatoms. The Kier molecular flexibility index (Phi) is 5.30. The third-order valence-electron chi connectivity index (χ3n) is 2.56. The molecule has 0 atom stereocenters.